The van der Waals surface area contributed by atoms with Crippen LogP contribution in [0.25, 0.3) is 0 Å². The third kappa shape index (κ3) is 1.46. The molecule has 2 N–H and O–H groups in total. The minimum absolute atomic E-state index is 0.205. The maximum atomic E-state index is 12.2. The van der Waals surface area contributed by atoms with E-state index in [1.54, 1.807) is 0 Å². The van der Waals surface area contributed by atoms with Gasteiger partial charge in [0.25, 0.3) is 0 Å². The van der Waals surface area contributed by atoms with Crippen LogP contribution in [0.3, 0.4) is 0 Å². The summed E-state index contributed by atoms with van der Waals surface area (Å²) in [4.78, 5) is 10.5. The lowest BCUT2D eigenvalue weighted by Gasteiger charge is -2.18. The van der Waals surface area contributed by atoms with E-state index in [9.17, 15) is 18.0 Å². The topological polar surface area (TPSA) is 58.6 Å². The van der Waals surface area contributed by atoms with Crippen LogP contribution < -0.4 is 5.32 Å². The van der Waals surface area contributed by atoms with Crippen LogP contribution in [0.4, 0.5) is 13.2 Å². The first-order chi connectivity index (χ1) is 6.41. The molecule has 4 nitrogen and oxygen atoms in total. The molecule has 0 unspecified atom stereocenters. The summed E-state index contributed by atoms with van der Waals surface area (Å²) >= 11 is 0. The fourth-order valence-corrected chi connectivity index (χ4v) is 1.71. The lowest BCUT2D eigenvalue weighted by molar-refractivity contribution is -0.156. The van der Waals surface area contributed by atoms with Crippen LogP contribution in [-0.2, 0) is 9.53 Å². The lowest BCUT2D eigenvalue weighted by atomic mass is 10.3. The summed E-state index contributed by atoms with van der Waals surface area (Å²) in [6.07, 6.45) is -5.21. The van der Waals surface area contributed by atoms with E-state index < -0.39 is 36.3 Å². The Balaban J connectivity index is 1.98. The average Bonchev–Trinajstić information content (AvgIpc) is 2.74. The molecule has 0 aromatic rings. The third-order valence-corrected chi connectivity index (χ3v) is 2.48. The molecule has 0 amide bonds. The zero-order valence-electron chi connectivity index (χ0n) is 6.91. The second-order valence-corrected chi connectivity index (χ2v) is 3.45. The van der Waals surface area contributed by atoms with Gasteiger partial charge in [0.05, 0.1) is 12.7 Å². The summed E-state index contributed by atoms with van der Waals surface area (Å²) in [5.41, 5.74) is 0. The highest BCUT2D eigenvalue weighted by molar-refractivity contribution is 5.74. The normalized spacial score (nSPS) is 41.6. The van der Waals surface area contributed by atoms with Crippen LogP contribution in [-0.4, -0.2) is 42.0 Å². The molecule has 0 aromatic carbocycles. The molecule has 7 heteroatoms. The molecule has 2 aliphatic rings. The van der Waals surface area contributed by atoms with E-state index >= 15 is 0 Å². The highest BCUT2D eigenvalue weighted by Gasteiger charge is 2.67. The van der Waals surface area contributed by atoms with Crippen LogP contribution in [0.15, 0.2) is 0 Å². The van der Waals surface area contributed by atoms with Gasteiger partial charge in [-0.2, -0.15) is 13.2 Å². The molecule has 1 saturated heterocycles. The van der Waals surface area contributed by atoms with E-state index in [4.69, 9.17) is 9.84 Å². The molecule has 80 valence electrons. The summed E-state index contributed by atoms with van der Waals surface area (Å²) in [7, 11) is 0. The second-order valence-electron chi connectivity index (χ2n) is 3.45. The first-order valence-corrected chi connectivity index (χ1v) is 4.08. The molecule has 1 aliphatic carbocycles. The molecule has 2 rings (SSSR count). The van der Waals surface area contributed by atoms with Crippen molar-refractivity contribution >= 4 is 5.97 Å². The van der Waals surface area contributed by atoms with Crippen molar-refractivity contribution in [3.63, 3.8) is 0 Å². The Labute approximate surface area is 77.0 Å². The summed E-state index contributed by atoms with van der Waals surface area (Å²) < 4.78 is 41.4. The molecule has 1 saturated carbocycles. The van der Waals surface area contributed by atoms with Gasteiger partial charge in [-0.3, -0.25) is 10.1 Å². The number of rotatable bonds is 1. The Kier molecular flexibility index (Phi) is 1.97. The molecular formula is C7H8F3NO3. The highest BCUT2D eigenvalue weighted by atomic mass is 19.4. The van der Waals surface area contributed by atoms with Crippen molar-refractivity contribution < 1.29 is 27.8 Å². The summed E-state index contributed by atoms with van der Waals surface area (Å²) in [5, 5.41) is 10.9. The summed E-state index contributed by atoms with van der Waals surface area (Å²) in [6.45, 7) is -0.205. The first kappa shape index (κ1) is 9.72. The quantitative estimate of drug-likeness (QED) is 0.640. The molecule has 1 heterocycles. The minimum atomic E-state index is -4.31. The van der Waals surface area contributed by atoms with Crippen LogP contribution in [0.1, 0.15) is 0 Å². The monoisotopic (exact) mass is 211 g/mol. The standard InChI is InChI=1S/C7H8F3NO3/c8-7(9,10)3-4-5(3)14-1-2(11-4)6(12)13/h2-5,11H,1H2,(H,12,13)/t2-,3+,4-,5-/m0/s1. The van der Waals surface area contributed by atoms with Gasteiger partial charge in [0.1, 0.15) is 12.0 Å². The fraction of sp³-hybridized carbons (Fsp3) is 0.857. The molecule has 0 radical (unpaired) electrons. The molecule has 0 bridgehead atoms. The van der Waals surface area contributed by atoms with Gasteiger partial charge in [-0.25, -0.2) is 0 Å². The van der Waals surface area contributed by atoms with E-state index in [-0.39, 0.29) is 6.61 Å². The number of halogens is 3. The SMILES string of the molecule is O=C(O)[C@@H]1CO[C@@H]2[C@@H](N1)[C@H]2C(F)(F)F. The molecule has 4 atom stereocenters. The molecule has 0 spiro atoms. The van der Waals surface area contributed by atoms with E-state index in [1.165, 1.54) is 0 Å². The van der Waals surface area contributed by atoms with Crippen molar-refractivity contribution in [3.8, 4) is 0 Å². The van der Waals surface area contributed by atoms with Crippen molar-refractivity contribution in [2.45, 2.75) is 24.4 Å². The van der Waals surface area contributed by atoms with Crippen molar-refractivity contribution in [1.29, 1.82) is 0 Å². The van der Waals surface area contributed by atoms with Gasteiger partial charge in [0, 0.05) is 6.04 Å². The van der Waals surface area contributed by atoms with Gasteiger partial charge in [-0.15, -0.1) is 0 Å². The van der Waals surface area contributed by atoms with Crippen molar-refractivity contribution in [1.82, 2.24) is 5.32 Å². The smallest absolute Gasteiger partial charge is 0.395 e. The third-order valence-electron chi connectivity index (χ3n) is 2.48. The number of morpholine rings is 1. The van der Waals surface area contributed by atoms with Crippen LogP contribution in [0.5, 0.6) is 0 Å². The first-order valence-electron chi connectivity index (χ1n) is 4.08. The number of aliphatic carboxylic acids is 1. The predicted octanol–water partition coefficient (Wildman–Crippen LogP) is -0.0113. The van der Waals surface area contributed by atoms with E-state index in [0.29, 0.717) is 0 Å². The van der Waals surface area contributed by atoms with E-state index in [2.05, 4.69) is 5.32 Å². The number of ether oxygens (including phenoxy) is 1. The largest absolute Gasteiger partial charge is 0.480 e. The van der Waals surface area contributed by atoms with Crippen molar-refractivity contribution in [2.75, 3.05) is 6.61 Å². The summed E-state index contributed by atoms with van der Waals surface area (Å²) in [5.74, 6) is -2.73. The van der Waals surface area contributed by atoms with Crippen LogP contribution in [0, 0.1) is 5.92 Å². The van der Waals surface area contributed by atoms with Crippen molar-refractivity contribution in [2.24, 2.45) is 5.92 Å². The van der Waals surface area contributed by atoms with Crippen molar-refractivity contribution in [3.05, 3.63) is 0 Å². The number of fused-ring (bicyclic) bond motifs is 1. The maximum Gasteiger partial charge on any atom is 0.395 e. The van der Waals surface area contributed by atoms with Gasteiger partial charge < -0.3 is 9.84 Å². The van der Waals surface area contributed by atoms with Gasteiger partial charge in [-0.1, -0.05) is 0 Å². The summed E-state index contributed by atoms with van der Waals surface area (Å²) in [6, 6.07) is -1.91. The number of carboxylic acid groups (broad SMARTS) is 1. The lowest BCUT2D eigenvalue weighted by Crippen LogP contribution is -2.46. The molecule has 2 fully saturated rings. The number of carbonyl (C=O) groups is 1. The Morgan fingerprint density at radius 1 is 1.50 bits per heavy atom. The Morgan fingerprint density at radius 2 is 2.14 bits per heavy atom. The van der Waals surface area contributed by atoms with Gasteiger partial charge in [0.2, 0.25) is 0 Å². The fourth-order valence-electron chi connectivity index (χ4n) is 1.71. The van der Waals surface area contributed by atoms with Gasteiger partial charge in [0.15, 0.2) is 0 Å². The van der Waals surface area contributed by atoms with E-state index in [1.807, 2.05) is 0 Å². The molecule has 0 aromatic heterocycles. The molecule has 1 aliphatic heterocycles. The van der Waals surface area contributed by atoms with E-state index in [0.717, 1.165) is 0 Å². The number of hydrogen-bond donors (Lipinski definition) is 2. The minimum Gasteiger partial charge on any atom is -0.480 e. The van der Waals surface area contributed by atoms with Crippen LogP contribution in [0.2, 0.25) is 0 Å². The molecular weight excluding hydrogens is 203 g/mol. The Morgan fingerprint density at radius 3 is 2.64 bits per heavy atom. The maximum absolute atomic E-state index is 12.2. The molecule has 14 heavy (non-hydrogen) atoms. The number of carboxylic acids is 1. The number of hydrogen-bond acceptors (Lipinski definition) is 3. The zero-order valence-corrected chi connectivity index (χ0v) is 6.91. The Bertz CT molecular complexity index is 267. The van der Waals surface area contributed by atoms with Gasteiger partial charge in [-0.05, 0) is 0 Å². The number of alkyl halides is 3. The van der Waals surface area contributed by atoms with Gasteiger partial charge >= 0.3 is 12.1 Å². The second kappa shape index (κ2) is 2.83. The average molecular weight is 211 g/mol. The van der Waals surface area contributed by atoms with Crippen LogP contribution >= 0.6 is 0 Å². The highest BCUT2D eigenvalue weighted by Crippen LogP contribution is 2.48. The Hall–Kier alpha value is -0.820. The zero-order chi connectivity index (χ0) is 10.5. The number of nitrogens with one attached hydrogen (secondary N) is 1. The predicted molar refractivity (Wildman–Crippen MR) is 37.6 cm³/mol.